The lowest BCUT2D eigenvalue weighted by atomic mass is 10.9. The molecule has 1 rings (SSSR count). The average Bonchev–Trinajstić information content (AvgIpc) is 1.98. The molecule has 0 aliphatic carbocycles. The SMILES string of the molecule is CC1=NN=C(C)S1=O. The number of hydrogen-bond donors (Lipinski definition) is 0. The van der Waals surface area contributed by atoms with Gasteiger partial charge in [0.05, 0.1) is 0 Å². The molecule has 0 aromatic carbocycles. The molecule has 0 atom stereocenters. The van der Waals surface area contributed by atoms with Gasteiger partial charge < -0.3 is 0 Å². The van der Waals surface area contributed by atoms with E-state index in [1.165, 1.54) is 0 Å². The maximum atomic E-state index is 10.8. The third kappa shape index (κ3) is 0.709. The lowest BCUT2D eigenvalue weighted by molar-refractivity contribution is 0.696. The van der Waals surface area contributed by atoms with E-state index in [9.17, 15) is 4.21 Å². The van der Waals surface area contributed by atoms with Crippen LogP contribution >= 0.6 is 0 Å². The van der Waals surface area contributed by atoms with E-state index in [4.69, 9.17) is 0 Å². The summed E-state index contributed by atoms with van der Waals surface area (Å²) in [6.45, 7) is 3.41. The van der Waals surface area contributed by atoms with Crippen LogP contribution in [0.15, 0.2) is 10.2 Å². The highest BCUT2D eigenvalue weighted by Gasteiger charge is 2.12. The van der Waals surface area contributed by atoms with Gasteiger partial charge in [-0.3, -0.25) is 0 Å². The highest BCUT2D eigenvalue weighted by Crippen LogP contribution is 2.00. The largest absolute Gasteiger partial charge is 0.246 e. The van der Waals surface area contributed by atoms with Crippen molar-refractivity contribution in [1.29, 1.82) is 0 Å². The Labute approximate surface area is 50.0 Å². The molecule has 0 aromatic rings. The fraction of sp³-hybridized carbons (Fsp3) is 0.500. The Morgan fingerprint density at radius 2 is 1.62 bits per heavy atom. The first-order valence-electron chi connectivity index (χ1n) is 2.22. The zero-order valence-electron chi connectivity index (χ0n) is 4.71. The van der Waals surface area contributed by atoms with Crippen LogP contribution in [0.1, 0.15) is 13.8 Å². The summed E-state index contributed by atoms with van der Waals surface area (Å²) in [5, 5.41) is 8.40. The second kappa shape index (κ2) is 1.78. The van der Waals surface area contributed by atoms with Gasteiger partial charge in [-0.2, -0.15) is 0 Å². The molecule has 4 heteroatoms. The lowest BCUT2D eigenvalue weighted by Gasteiger charge is -1.83. The minimum absolute atomic E-state index is 0.600. The van der Waals surface area contributed by atoms with Crippen molar-refractivity contribution in [3.05, 3.63) is 0 Å². The maximum absolute atomic E-state index is 10.8. The van der Waals surface area contributed by atoms with E-state index < -0.39 is 10.8 Å². The van der Waals surface area contributed by atoms with Gasteiger partial charge in [0, 0.05) is 0 Å². The van der Waals surface area contributed by atoms with Crippen molar-refractivity contribution in [2.45, 2.75) is 13.8 Å². The van der Waals surface area contributed by atoms with Gasteiger partial charge in [0.25, 0.3) is 0 Å². The zero-order valence-corrected chi connectivity index (χ0v) is 5.53. The summed E-state index contributed by atoms with van der Waals surface area (Å²) < 4.78 is 10.8. The number of rotatable bonds is 0. The highest BCUT2D eigenvalue weighted by atomic mass is 32.2. The Morgan fingerprint density at radius 3 is 1.75 bits per heavy atom. The molecule has 44 valence electrons. The minimum atomic E-state index is -1.01. The van der Waals surface area contributed by atoms with E-state index in [-0.39, 0.29) is 0 Å². The summed E-state index contributed by atoms with van der Waals surface area (Å²) in [6.07, 6.45) is 0. The van der Waals surface area contributed by atoms with Crippen molar-refractivity contribution in [1.82, 2.24) is 0 Å². The third-order valence-electron chi connectivity index (χ3n) is 0.868. The summed E-state index contributed by atoms with van der Waals surface area (Å²) in [5.74, 6) is 0. The quantitative estimate of drug-likeness (QED) is 0.470. The molecule has 0 saturated carbocycles. The van der Waals surface area contributed by atoms with Crippen LogP contribution in [0.2, 0.25) is 0 Å². The molecule has 1 aliphatic heterocycles. The van der Waals surface area contributed by atoms with Crippen molar-refractivity contribution >= 4 is 20.9 Å². The fourth-order valence-electron chi connectivity index (χ4n) is 0.429. The van der Waals surface area contributed by atoms with E-state index in [1.54, 1.807) is 13.8 Å². The zero-order chi connectivity index (χ0) is 6.15. The molecule has 0 fully saturated rings. The van der Waals surface area contributed by atoms with Gasteiger partial charge in [0.2, 0.25) is 0 Å². The molecule has 0 unspecified atom stereocenters. The summed E-state index contributed by atoms with van der Waals surface area (Å²) in [5.41, 5.74) is 0. The Hall–Kier alpha value is -0.510. The van der Waals surface area contributed by atoms with Crippen LogP contribution in [-0.2, 0) is 10.8 Å². The van der Waals surface area contributed by atoms with Crippen LogP contribution in [0.4, 0.5) is 0 Å². The maximum Gasteiger partial charge on any atom is 0.130 e. The van der Waals surface area contributed by atoms with Crippen molar-refractivity contribution in [3.63, 3.8) is 0 Å². The molecule has 0 aromatic heterocycles. The van der Waals surface area contributed by atoms with Gasteiger partial charge in [0.15, 0.2) is 0 Å². The highest BCUT2D eigenvalue weighted by molar-refractivity contribution is 8.14. The Bertz CT molecular complexity index is 174. The first-order chi connectivity index (χ1) is 3.72. The normalized spacial score (nSPS) is 20.8. The summed E-state index contributed by atoms with van der Waals surface area (Å²) in [6, 6.07) is 0. The molecule has 0 amide bonds. The van der Waals surface area contributed by atoms with Gasteiger partial charge in [-0.1, -0.05) is 0 Å². The van der Waals surface area contributed by atoms with E-state index >= 15 is 0 Å². The molecule has 8 heavy (non-hydrogen) atoms. The van der Waals surface area contributed by atoms with E-state index in [1.807, 2.05) is 0 Å². The summed E-state index contributed by atoms with van der Waals surface area (Å²) >= 11 is 0. The summed E-state index contributed by atoms with van der Waals surface area (Å²) in [7, 11) is -1.01. The monoisotopic (exact) mass is 130 g/mol. The van der Waals surface area contributed by atoms with Gasteiger partial charge in [-0.25, -0.2) is 4.21 Å². The van der Waals surface area contributed by atoms with Crippen LogP contribution in [0.5, 0.6) is 0 Å². The van der Waals surface area contributed by atoms with E-state index in [0.717, 1.165) is 0 Å². The van der Waals surface area contributed by atoms with Crippen molar-refractivity contribution in [2.24, 2.45) is 10.2 Å². The van der Waals surface area contributed by atoms with Gasteiger partial charge in [0.1, 0.15) is 20.9 Å². The molecule has 1 heterocycles. The lowest BCUT2D eigenvalue weighted by Crippen LogP contribution is -2.04. The standard InChI is InChI=1S/C4H6N2OS/c1-3-5-6-4(2)8(3)7/h1-2H3. The predicted octanol–water partition coefficient (Wildman–Crippen LogP) is 0.501. The topological polar surface area (TPSA) is 41.8 Å². The van der Waals surface area contributed by atoms with Crippen LogP contribution in [0.3, 0.4) is 0 Å². The first kappa shape index (κ1) is 5.62. The Kier molecular flexibility index (Phi) is 1.25. The molecule has 0 N–H and O–H groups in total. The van der Waals surface area contributed by atoms with E-state index in [0.29, 0.717) is 10.1 Å². The summed E-state index contributed by atoms with van der Waals surface area (Å²) in [4.78, 5) is 0. The second-order valence-electron chi connectivity index (χ2n) is 1.51. The first-order valence-corrected chi connectivity index (χ1v) is 3.37. The number of hydrogen-bond acceptors (Lipinski definition) is 3. The van der Waals surface area contributed by atoms with Gasteiger partial charge >= 0.3 is 0 Å². The minimum Gasteiger partial charge on any atom is -0.246 e. The third-order valence-corrected chi connectivity index (χ3v) is 2.10. The smallest absolute Gasteiger partial charge is 0.130 e. The molecule has 0 saturated heterocycles. The van der Waals surface area contributed by atoms with E-state index in [2.05, 4.69) is 10.2 Å². The molecular formula is C4H6N2OS. The average molecular weight is 130 g/mol. The van der Waals surface area contributed by atoms with Crippen LogP contribution in [0, 0.1) is 0 Å². The van der Waals surface area contributed by atoms with Crippen molar-refractivity contribution < 1.29 is 4.21 Å². The molecule has 0 bridgehead atoms. The number of nitrogens with zero attached hydrogens (tertiary/aromatic N) is 2. The van der Waals surface area contributed by atoms with Gasteiger partial charge in [-0.15, -0.1) is 10.2 Å². The molecule has 0 radical (unpaired) electrons. The fourth-order valence-corrected chi connectivity index (χ4v) is 1.09. The molecule has 0 spiro atoms. The van der Waals surface area contributed by atoms with Crippen LogP contribution in [0.25, 0.3) is 0 Å². The predicted molar refractivity (Wildman–Crippen MR) is 34.4 cm³/mol. The van der Waals surface area contributed by atoms with Crippen LogP contribution < -0.4 is 0 Å². The molecule has 3 nitrogen and oxygen atoms in total. The Balaban J connectivity index is 2.92. The Morgan fingerprint density at radius 1 is 1.25 bits per heavy atom. The van der Waals surface area contributed by atoms with Crippen LogP contribution in [-0.4, -0.2) is 14.3 Å². The second-order valence-corrected chi connectivity index (χ2v) is 3.23. The molecular weight excluding hydrogens is 124 g/mol. The molecule has 1 aliphatic rings. The van der Waals surface area contributed by atoms with Gasteiger partial charge in [-0.05, 0) is 13.8 Å². The van der Waals surface area contributed by atoms with Crippen molar-refractivity contribution in [3.8, 4) is 0 Å². The van der Waals surface area contributed by atoms with Crippen molar-refractivity contribution in [2.75, 3.05) is 0 Å².